The van der Waals surface area contributed by atoms with E-state index in [2.05, 4.69) is 6.58 Å². The van der Waals surface area contributed by atoms with E-state index in [9.17, 15) is 8.78 Å². The van der Waals surface area contributed by atoms with Crippen molar-refractivity contribution in [3.05, 3.63) is 41.5 Å². The molecule has 0 spiro atoms. The first-order valence-electron chi connectivity index (χ1n) is 4.34. The van der Waals surface area contributed by atoms with Crippen LogP contribution < -0.4 is 0 Å². The van der Waals surface area contributed by atoms with Gasteiger partial charge in [-0.3, -0.25) is 0 Å². The van der Waals surface area contributed by atoms with E-state index in [1.54, 1.807) is 0 Å². The average Bonchev–Trinajstić information content (AvgIpc) is 2.88. The molecule has 2 heteroatoms. The van der Waals surface area contributed by atoms with Crippen molar-refractivity contribution in [1.82, 2.24) is 0 Å². The lowest BCUT2D eigenvalue weighted by atomic mass is 10.1. The molecule has 0 unspecified atom stereocenters. The van der Waals surface area contributed by atoms with Crippen molar-refractivity contribution in [2.45, 2.75) is 18.8 Å². The third-order valence-corrected chi connectivity index (χ3v) is 2.38. The molecule has 0 N–H and O–H groups in total. The smallest absolute Gasteiger partial charge is 0.136 e. The van der Waals surface area contributed by atoms with Crippen molar-refractivity contribution in [1.29, 1.82) is 0 Å². The van der Waals surface area contributed by atoms with Gasteiger partial charge in [-0.2, -0.15) is 0 Å². The van der Waals surface area contributed by atoms with Crippen LogP contribution in [0.2, 0.25) is 0 Å². The Hall–Kier alpha value is -1.18. The van der Waals surface area contributed by atoms with Gasteiger partial charge in [-0.1, -0.05) is 18.7 Å². The molecular formula is C11H10F2. The monoisotopic (exact) mass is 180 g/mol. The number of hydrogen-bond donors (Lipinski definition) is 0. The Morgan fingerprint density at radius 2 is 2.00 bits per heavy atom. The normalized spacial score (nSPS) is 15.8. The zero-order chi connectivity index (χ0) is 9.42. The van der Waals surface area contributed by atoms with E-state index in [1.165, 1.54) is 18.2 Å². The predicted molar refractivity (Wildman–Crippen MR) is 48.4 cm³/mol. The van der Waals surface area contributed by atoms with Crippen LogP contribution in [0.15, 0.2) is 18.7 Å². The Bertz CT molecular complexity index is 351. The van der Waals surface area contributed by atoms with Gasteiger partial charge < -0.3 is 0 Å². The highest BCUT2D eigenvalue weighted by Gasteiger charge is 2.27. The highest BCUT2D eigenvalue weighted by molar-refractivity contribution is 5.51. The first-order chi connectivity index (χ1) is 6.24. The third-order valence-electron chi connectivity index (χ3n) is 2.38. The van der Waals surface area contributed by atoms with E-state index in [4.69, 9.17) is 0 Å². The van der Waals surface area contributed by atoms with Gasteiger partial charge in [0.15, 0.2) is 0 Å². The van der Waals surface area contributed by atoms with E-state index >= 15 is 0 Å². The average molecular weight is 180 g/mol. The molecule has 0 atom stereocenters. The van der Waals surface area contributed by atoms with E-state index in [-0.39, 0.29) is 5.56 Å². The quantitative estimate of drug-likeness (QED) is 0.653. The van der Waals surface area contributed by atoms with Crippen LogP contribution >= 0.6 is 0 Å². The van der Waals surface area contributed by atoms with E-state index in [1.807, 2.05) is 0 Å². The molecule has 2 rings (SSSR count). The first kappa shape index (κ1) is 8.42. The minimum atomic E-state index is -0.531. The largest absolute Gasteiger partial charge is 0.206 e. The Labute approximate surface area is 75.9 Å². The molecule has 0 aromatic heterocycles. The van der Waals surface area contributed by atoms with Crippen molar-refractivity contribution in [2.75, 3.05) is 0 Å². The summed E-state index contributed by atoms with van der Waals surface area (Å²) in [6.45, 7) is 3.39. The second-order valence-corrected chi connectivity index (χ2v) is 3.34. The lowest BCUT2D eigenvalue weighted by molar-refractivity contribution is 0.568. The summed E-state index contributed by atoms with van der Waals surface area (Å²) in [6, 6.07) is 2.85. The van der Waals surface area contributed by atoms with Crippen molar-refractivity contribution in [3.8, 4) is 0 Å². The molecule has 1 aromatic rings. The lowest BCUT2D eigenvalue weighted by Gasteiger charge is -2.04. The minimum absolute atomic E-state index is 0.00407. The molecule has 0 radical (unpaired) electrons. The van der Waals surface area contributed by atoms with Gasteiger partial charge in [0.1, 0.15) is 11.6 Å². The van der Waals surface area contributed by atoms with Gasteiger partial charge in [-0.25, -0.2) is 8.78 Å². The molecule has 0 saturated heterocycles. The summed E-state index contributed by atoms with van der Waals surface area (Å²) in [5.41, 5.74) is 0.640. The van der Waals surface area contributed by atoms with Gasteiger partial charge in [-0.05, 0) is 30.4 Å². The van der Waals surface area contributed by atoms with Crippen LogP contribution in [-0.2, 0) is 0 Å². The van der Waals surface area contributed by atoms with Gasteiger partial charge in [0.25, 0.3) is 0 Å². The molecule has 68 valence electrons. The zero-order valence-electron chi connectivity index (χ0n) is 7.19. The van der Waals surface area contributed by atoms with Crippen molar-refractivity contribution in [3.63, 3.8) is 0 Å². The van der Waals surface area contributed by atoms with Crippen LogP contribution in [0, 0.1) is 11.6 Å². The number of hydrogen-bond acceptors (Lipinski definition) is 0. The van der Waals surface area contributed by atoms with Crippen molar-refractivity contribution in [2.24, 2.45) is 0 Å². The lowest BCUT2D eigenvalue weighted by Crippen LogP contribution is -1.94. The van der Waals surface area contributed by atoms with Crippen LogP contribution in [0.1, 0.15) is 29.9 Å². The second kappa shape index (κ2) is 2.95. The summed E-state index contributed by atoms with van der Waals surface area (Å²) in [5.74, 6) is -0.659. The van der Waals surface area contributed by atoms with Crippen molar-refractivity contribution < 1.29 is 8.78 Å². The van der Waals surface area contributed by atoms with Gasteiger partial charge in [0.2, 0.25) is 0 Å². The zero-order valence-corrected chi connectivity index (χ0v) is 7.19. The van der Waals surface area contributed by atoms with Gasteiger partial charge >= 0.3 is 0 Å². The Kier molecular flexibility index (Phi) is 1.91. The molecule has 13 heavy (non-hydrogen) atoms. The van der Waals surface area contributed by atoms with Crippen LogP contribution in [0.5, 0.6) is 0 Å². The molecular weight excluding hydrogens is 170 g/mol. The summed E-state index contributed by atoms with van der Waals surface area (Å²) in [7, 11) is 0. The molecule has 1 aliphatic carbocycles. The maximum atomic E-state index is 13.5. The molecule has 0 amide bonds. The summed E-state index contributed by atoms with van der Waals surface area (Å²) in [6.07, 6.45) is 3.26. The molecule has 1 aromatic carbocycles. The summed E-state index contributed by atoms with van der Waals surface area (Å²) in [4.78, 5) is 0. The Morgan fingerprint density at radius 1 is 1.31 bits per heavy atom. The first-order valence-corrected chi connectivity index (χ1v) is 4.34. The second-order valence-electron chi connectivity index (χ2n) is 3.34. The number of benzene rings is 1. The van der Waals surface area contributed by atoms with Gasteiger partial charge in [0, 0.05) is 5.56 Å². The Balaban J connectivity index is 2.53. The van der Waals surface area contributed by atoms with Gasteiger partial charge in [0.05, 0.1) is 0 Å². The molecule has 1 fully saturated rings. The maximum absolute atomic E-state index is 13.5. The standard InChI is InChI=1S/C11H10F2/c1-2-8-10(12)6-5-9(11(8)13)7-3-4-7/h2,5-7H,1,3-4H2. The van der Waals surface area contributed by atoms with Crippen LogP contribution in [0.4, 0.5) is 8.78 Å². The fourth-order valence-electron chi connectivity index (χ4n) is 1.48. The summed E-state index contributed by atoms with van der Waals surface area (Å²) < 4.78 is 26.5. The maximum Gasteiger partial charge on any atom is 0.136 e. The van der Waals surface area contributed by atoms with Crippen LogP contribution in [-0.4, -0.2) is 0 Å². The van der Waals surface area contributed by atoms with E-state index in [0.29, 0.717) is 11.5 Å². The molecule has 1 aliphatic rings. The van der Waals surface area contributed by atoms with E-state index < -0.39 is 11.6 Å². The highest BCUT2D eigenvalue weighted by atomic mass is 19.1. The topological polar surface area (TPSA) is 0 Å². The third kappa shape index (κ3) is 1.37. The minimum Gasteiger partial charge on any atom is -0.206 e. The SMILES string of the molecule is C=Cc1c(F)ccc(C2CC2)c1F. The van der Waals surface area contributed by atoms with Crippen molar-refractivity contribution >= 4 is 6.08 Å². The molecule has 0 aliphatic heterocycles. The van der Waals surface area contributed by atoms with E-state index in [0.717, 1.165) is 12.8 Å². The highest BCUT2D eigenvalue weighted by Crippen LogP contribution is 2.42. The predicted octanol–water partition coefficient (Wildman–Crippen LogP) is 3.49. The Morgan fingerprint density at radius 3 is 2.54 bits per heavy atom. The summed E-state index contributed by atoms with van der Waals surface area (Å²) in [5, 5.41) is 0. The fourth-order valence-corrected chi connectivity index (χ4v) is 1.48. The van der Waals surface area contributed by atoms with Gasteiger partial charge in [-0.15, -0.1) is 0 Å². The fraction of sp³-hybridized carbons (Fsp3) is 0.273. The molecule has 1 saturated carbocycles. The molecule has 0 nitrogen and oxygen atoms in total. The molecule has 0 bridgehead atoms. The van der Waals surface area contributed by atoms with Crippen LogP contribution in [0.3, 0.4) is 0 Å². The number of halogens is 2. The molecule has 0 heterocycles. The number of rotatable bonds is 2. The summed E-state index contributed by atoms with van der Waals surface area (Å²) >= 11 is 0. The van der Waals surface area contributed by atoms with Crippen LogP contribution in [0.25, 0.3) is 6.08 Å².